The van der Waals surface area contributed by atoms with Crippen LogP contribution in [0.3, 0.4) is 0 Å². The summed E-state index contributed by atoms with van der Waals surface area (Å²) < 4.78 is 37.3. The molecular weight excluding hydrogens is 279 g/mol. The fraction of sp³-hybridized carbons (Fsp3) is 0.583. The predicted molar refractivity (Wildman–Crippen MR) is 70.5 cm³/mol. The first-order chi connectivity index (χ1) is 8.88. The maximum atomic E-state index is 12.4. The minimum absolute atomic E-state index is 0.0191. The Kier molecular flexibility index (Phi) is 5.87. The second-order valence-corrected chi connectivity index (χ2v) is 4.41. The molecule has 1 heterocycles. The number of hydrogen-bond acceptors (Lipinski definition) is 3. The summed E-state index contributed by atoms with van der Waals surface area (Å²) in [6.45, 7) is 7.31. The van der Waals surface area contributed by atoms with Crippen LogP contribution in [-0.2, 0) is 6.18 Å². The molecule has 0 unspecified atom stereocenters. The van der Waals surface area contributed by atoms with Crippen molar-refractivity contribution in [3.63, 3.8) is 0 Å². The van der Waals surface area contributed by atoms with Crippen LogP contribution in [-0.4, -0.2) is 36.1 Å². The highest BCUT2D eigenvalue weighted by atomic mass is 35.5. The Balaban J connectivity index is 2.61. The highest BCUT2D eigenvalue weighted by molar-refractivity contribution is 6.32. The molecule has 0 aliphatic rings. The Hall–Kier alpha value is -1.01. The summed E-state index contributed by atoms with van der Waals surface area (Å²) in [7, 11) is 0. The molecule has 108 valence electrons. The quantitative estimate of drug-likeness (QED) is 0.870. The fourth-order valence-corrected chi connectivity index (χ4v) is 1.83. The minimum Gasteiger partial charge on any atom is -0.368 e. The number of pyridine rings is 1. The topological polar surface area (TPSA) is 28.2 Å². The van der Waals surface area contributed by atoms with Gasteiger partial charge in [0.15, 0.2) is 0 Å². The molecule has 0 amide bonds. The zero-order valence-corrected chi connectivity index (χ0v) is 11.6. The van der Waals surface area contributed by atoms with Crippen LogP contribution >= 0.6 is 11.6 Å². The van der Waals surface area contributed by atoms with Gasteiger partial charge < -0.3 is 10.2 Å². The van der Waals surface area contributed by atoms with Crippen LogP contribution in [0.5, 0.6) is 0 Å². The molecule has 0 fully saturated rings. The number of rotatable bonds is 6. The summed E-state index contributed by atoms with van der Waals surface area (Å²) in [5.41, 5.74) is -0.841. The third-order valence-corrected chi connectivity index (χ3v) is 3.07. The summed E-state index contributed by atoms with van der Waals surface area (Å²) in [5, 5.41) is 2.92. The lowest BCUT2D eigenvalue weighted by Crippen LogP contribution is -2.28. The Morgan fingerprint density at radius 3 is 2.42 bits per heavy atom. The van der Waals surface area contributed by atoms with Crippen molar-refractivity contribution in [1.82, 2.24) is 9.88 Å². The number of halogens is 4. The smallest absolute Gasteiger partial charge is 0.368 e. The van der Waals surface area contributed by atoms with Crippen molar-refractivity contribution >= 4 is 17.4 Å². The molecule has 3 nitrogen and oxygen atoms in total. The molecule has 0 aliphatic carbocycles. The molecular formula is C12H17ClF3N3. The van der Waals surface area contributed by atoms with Crippen molar-refractivity contribution in [2.24, 2.45) is 0 Å². The average molecular weight is 296 g/mol. The summed E-state index contributed by atoms with van der Waals surface area (Å²) >= 11 is 5.78. The Morgan fingerprint density at radius 2 is 1.95 bits per heavy atom. The van der Waals surface area contributed by atoms with Crippen LogP contribution in [0.2, 0.25) is 5.02 Å². The van der Waals surface area contributed by atoms with Gasteiger partial charge in [0, 0.05) is 19.3 Å². The standard InChI is InChI=1S/C12H17ClF3N3/c1-3-19(4-2)6-5-17-11-10(13)7-9(8-18-11)12(14,15)16/h7-8H,3-6H2,1-2H3,(H,17,18). The Bertz CT molecular complexity index is 406. The van der Waals surface area contributed by atoms with Crippen molar-refractivity contribution in [2.45, 2.75) is 20.0 Å². The molecule has 0 saturated heterocycles. The van der Waals surface area contributed by atoms with Crippen LogP contribution in [0.1, 0.15) is 19.4 Å². The van der Waals surface area contributed by atoms with Gasteiger partial charge in [-0.15, -0.1) is 0 Å². The van der Waals surface area contributed by atoms with Crippen molar-refractivity contribution in [3.05, 3.63) is 22.8 Å². The number of likely N-dealkylation sites (N-methyl/N-ethyl adjacent to an activating group) is 1. The number of nitrogens with zero attached hydrogens (tertiary/aromatic N) is 2. The molecule has 1 aromatic heterocycles. The van der Waals surface area contributed by atoms with Gasteiger partial charge >= 0.3 is 6.18 Å². The number of nitrogens with one attached hydrogen (secondary N) is 1. The largest absolute Gasteiger partial charge is 0.417 e. The van der Waals surface area contributed by atoms with E-state index in [1.54, 1.807) is 0 Å². The normalized spacial score (nSPS) is 11.9. The zero-order chi connectivity index (χ0) is 14.5. The van der Waals surface area contributed by atoms with Crippen molar-refractivity contribution in [1.29, 1.82) is 0 Å². The summed E-state index contributed by atoms with van der Waals surface area (Å²) in [6, 6.07) is 0.883. The van der Waals surface area contributed by atoms with E-state index in [0.717, 1.165) is 31.9 Å². The van der Waals surface area contributed by atoms with Gasteiger partial charge in [0.1, 0.15) is 5.82 Å². The SMILES string of the molecule is CCN(CC)CCNc1ncc(C(F)(F)F)cc1Cl. The maximum Gasteiger partial charge on any atom is 0.417 e. The lowest BCUT2D eigenvalue weighted by atomic mass is 10.3. The number of hydrogen-bond donors (Lipinski definition) is 1. The van der Waals surface area contributed by atoms with Gasteiger partial charge in [-0.05, 0) is 19.2 Å². The van der Waals surface area contributed by atoms with Crippen LogP contribution < -0.4 is 5.32 Å². The molecule has 0 aromatic carbocycles. The van der Waals surface area contributed by atoms with Crippen LogP contribution in [0, 0.1) is 0 Å². The lowest BCUT2D eigenvalue weighted by Gasteiger charge is -2.18. The molecule has 1 rings (SSSR count). The van der Waals surface area contributed by atoms with Gasteiger partial charge in [-0.1, -0.05) is 25.4 Å². The van der Waals surface area contributed by atoms with E-state index < -0.39 is 11.7 Å². The first-order valence-electron chi connectivity index (χ1n) is 6.07. The van der Waals surface area contributed by atoms with Crippen LogP contribution in [0.25, 0.3) is 0 Å². The van der Waals surface area contributed by atoms with E-state index in [1.807, 2.05) is 13.8 Å². The average Bonchev–Trinajstić information content (AvgIpc) is 2.35. The van der Waals surface area contributed by atoms with Crippen molar-refractivity contribution in [3.8, 4) is 0 Å². The van der Waals surface area contributed by atoms with E-state index in [2.05, 4.69) is 15.2 Å². The number of aromatic nitrogens is 1. The predicted octanol–water partition coefficient (Wildman–Crippen LogP) is 3.51. The molecule has 7 heteroatoms. The van der Waals surface area contributed by atoms with Gasteiger partial charge in [-0.25, -0.2) is 4.98 Å². The fourth-order valence-electron chi connectivity index (χ4n) is 1.60. The molecule has 1 aromatic rings. The molecule has 0 aliphatic heterocycles. The van der Waals surface area contributed by atoms with E-state index in [-0.39, 0.29) is 10.8 Å². The minimum atomic E-state index is -4.42. The molecule has 0 spiro atoms. The van der Waals surface area contributed by atoms with E-state index in [9.17, 15) is 13.2 Å². The second-order valence-electron chi connectivity index (χ2n) is 4.01. The lowest BCUT2D eigenvalue weighted by molar-refractivity contribution is -0.137. The Morgan fingerprint density at radius 1 is 1.32 bits per heavy atom. The zero-order valence-electron chi connectivity index (χ0n) is 10.9. The molecule has 0 radical (unpaired) electrons. The van der Waals surface area contributed by atoms with E-state index in [4.69, 9.17) is 11.6 Å². The first-order valence-corrected chi connectivity index (χ1v) is 6.45. The van der Waals surface area contributed by atoms with Gasteiger partial charge in [0.05, 0.1) is 10.6 Å². The maximum absolute atomic E-state index is 12.4. The van der Waals surface area contributed by atoms with Crippen LogP contribution in [0.15, 0.2) is 12.3 Å². The van der Waals surface area contributed by atoms with Gasteiger partial charge in [0.25, 0.3) is 0 Å². The van der Waals surface area contributed by atoms with E-state index in [0.29, 0.717) is 6.54 Å². The highest BCUT2D eigenvalue weighted by Crippen LogP contribution is 2.32. The molecule has 19 heavy (non-hydrogen) atoms. The van der Waals surface area contributed by atoms with E-state index in [1.165, 1.54) is 0 Å². The number of alkyl halides is 3. The number of anilines is 1. The molecule has 0 atom stereocenters. The van der Waals surface area contributed by atoms with Gasteiger partial charge in [-0.2, -0.15) is 13.2 Å². The summed E-state index contributed by atoms with van der Waals surface area (Å²) in [6.07, 6.45) is -3.64. The summed E-state index contributed by atoms with van der Waals surface area (Å²) in [5.74, 6) is 0.279. The van der Waals surface area contributed by atoms with Crippen LogP contribution in [0.4, 0.5) is 19.0 Å². The second kappa shape index (κ2) is 6.96. The van der Waals surface area contributed by atoms with Crippen molar-refractivity contribution < 1.29 is 13.2 Å². The molecule has 0 saturated carbocycles. The highest BCUT2D eigenvalue weighted by Gasteiger charge is 2.31. The van der Waals surface area contributed by atoms with Crippen molar-refractivity contribution in [2.75, 3.05) is 31.5 Å². The molecule has 0 bridgehead atoms. The molecule has 1 N–H and O–H groups in total. The summed E-state index contributed by atoms with van der Waals surface area (Å²) in [4.78, 5) is 5.90. The monoisotopic (exact) mass is 295 g/mol. The Labute approximate surface area is 115 Å². The first kappa shape index (κ1) is 16.0. The third-order valence-electron chi connectivity index (χ3n) is 2.78. The van der Waals surface area contributed by atoms with Gasteiger partial charge in [0.2, 0.25) is 0 Å². The van der Waals surface area contributed by atoms with Gasteiger partial charge in [-0.3, -0.25) is 0 Å². The third kappa shape index (κ3) is 4.87. The van der Waals surface area contributed by atoms with E-state index >= 15 is 0 Å².